The fourth-order valence-electron chi connectivity index (χ4n) is 1.99. The van der Waals surface area contributed by atoms with E-state index in [0.29, 0.717) is 5.92 Å². The van der Waals surface area contributed by atoms with E-state index >= 15 is 0 Å². The molecule has 17 heavy (non-hydrogen) atoms. The van der Waals surface area contributed by atoms with E-state index in [1.807, 2.05) is 6.07 Å². The number of aromatic nitrogens is 1. The molecule has 0 spiro atoms. The summed E-state index contributed by atoms with van der Waals surface area (Å²) >= 11 is 0. The number of pyridine rings is 1. The van der Waals surface area contributed by atoms with Gasteiger partial charge in [-0.1, -0.05) is 0 Å². The molecule has 98 valence electrons. The lowest BCUT2D eigenvalue weighted by Crippen LogP contribution is -2.26. The van der Waals surface area contributed by atoms with Crippen molar-refractivity contribution >= 4 is 24.8 Å². The SMILES string of the molecule is Cl.Cl.FC(F)c1cc(C2CCNCC2)ccn1. The number of nitrogens with zero attached hydrogens (tertiary/aromatic N) is 1. The third-order valence-electron chi connectivity index (χ3n) is 2.84. The van der Waals surface area contributed by atoms with Gasteiger partial charge in [-0.25, -0.2) is 8.78 Å². The van der Waals surface area contributed by atoms with Gasteiger partial charge < -0.3 is 5.32 Å². The molecule has 0 unspecified atom stereocenters. The van der Waals surface area contributed by atoms with Crippen molar-refractivity contribution in [1.29, 1.82) is 0 Å². The highest BCUT2D eigenvalue weighted by atomic mass is 35.5. The van der Waals surface area contributed by atoms with Crippen molar-refractivity contribution < 1.29 is 8.78 Å². The molecular weight excluding hydrogens is 269 g/mol. The highest BCUT2D eigenvalue weighted by Crippen LogP contribution is 2.27. The molecule has 2 heterocycles. The summed E-state index contributed by atoms with van der Waals surface area (Å²) in [6, 6.07) is 3.39. The van der Waals surface area contributed by atoms with Crippen LogP contribution >= 0.6 is 24.8 Å². The minimum Gasteiger partial charge on any atom is -0.317 e. The third-order valence-corrected chi connectivity index (χ3v) is 2.84. The van der Waals surface area contributed by atoms with Crippen LogP contribution < -0.4 is 5.32 Å². The number of hydrogen-bond acceptors (Lipinski definition) is 2. The Bertz CT molecular complexity index is 331. The first-order valence-corrected chi connectivity index (χ1v) is 5.22. The Morgan fingerprint density at radius 3 is 2.47 bits per heavy atom. The minimum atomic E-state index is -2.47. The summed E-state index contributed by atoms with van der Waals surface area (Å²) in [6.45, 7) is 1.94. The molecule has 1 saturated heterocycles. The molecule has 2 rings (SSSR count). The topological polar surface area (TPSA) is 24.9 Å². The van der Waals surface area contributed by atoms with Gasteiger partial charge in [0.2, 0.25) is 0 Å². The number of alkyl halides is 2. The lowest BCUT2D eigenvalue weighted by Gasteiger charge is -2.23. The van der Waals surface area contributed by atoms with Crippen LogP contribution in [0.1, 0.15) is 36.4 Å². The molecule has 0 amide bonds. The molecule has 2 nitrogen and oxygen atoms in total. The number of halogens is 4. The van der Waals surface area contributed by atoms with Gasteiger partial charge >= 0.3 is 0 Å². The third kappa shape index (κ3) is 4.37. The van der Waals surface area contributed by atoms with Gasteiger partial charge in [-0.05, 0) is 49.5 Å². The van der Waals surface area contributed by atoms with Gasteiger partial charge in [0.25, 0.3) is 6.43 Å². The van der Waals surface area contributed by atoms with Gasteiger partial charge in [0.05, 0.1) is 0 Å². The molecule has 0 saturated carbocycles. The second-order valence-corrected chi connectivity index (χ2v) is 3.84. The molecule has 1 aliphatic rings. The monoisotopic (exact) mass is 284 g/mol. The molecule has 0 atom stereocenters. The van der Waals surface area contributed by atoms with Crippen molar-refractivity contribution in [3.63, 3.8) is 0 Å². The van der Waals surface area contributed by atoms with Crippen LogP contribution in [-0.4, -0.2) is 18.1 Å². The quantitative estimate of drug-likeness (QED) is 0.901. The van der Waals surface area contributed by atoms with E-state index in [0.717, 1.165) is 31.5 Å². The zero-order chi connectivity index (χ0) is 10.7. The van der Waals surface area contributed by atoms with Gasteiger partial charge in [-0.3, -0.25) is 4.98 Å². The van der Waals surface area contributed by atoms with Crippen molar-refractivity contribution in [1.82, 2.24) is 10.3 Å². The number of rotatable bonds is 2. The second kappa shape index (κ2) is 7.80. The van der Waals surface area contributed by atoms with E-state index in [1.165, 1.54) is 6.20 Å². The maximum Gasteiger partial charge on any atom is 0.280 e. The van der Waals surface area contributed by atoms with Gasteiger partial charge in [0, 0.05) is 6.20 Å². The first-order chi connectivity index (χ1) is 7.27. The zero-order valence-corrected chi connectivity index (χ0v) is 10.9. The minimum absolute atomic E-state index is 0. The van der Waals surface area contributed by atoms with Crippen LogP contribution in [0.15, 0.2) is 18.3 Å². The average Bonchev–Trinajstić information content (AvgIpc) is 2.30. The average molecular weight is 285 g/mol. The van der Waals surface area contributed by atoms with E-state index in [9.17, 15) is 8.78 Å². The van der Waals surface area contributed by atoms with Crippen LogP contribution in [0.2, 0.25) is 0 Å². The Hall–Kier alpha value is -0.450. The maximum absolute atomic E-state index is 12.4. The predicted molar refractivity (Wildman–Crippen MR) is 68.5 cm³/mol. The molecule has 1 aromatic heterocycles. The fraction of sp³-hybridized carbons (Fsp3) is 0.545. The molecule has 6 heteroatoms. The van der Waals surface area contributed by atoms with Crippen LogP contribution in [0.5, 0.6) is 0 Å². The van der Waals surface area contributed by atoms with E-state index < -0.39 is 6.43 Å². The first-order valence-electron chi connectivity index (χ1n) is 5.22. The summed E-state index contributed by atoms with van der Waals surface area (Å²) in [5.41, 5.74) is 0.896. The van der Waals surface area contributed by atoms with Crippen LogP contribution in [0.3, 0.4) is 0 Å². The van der Waals surface area contributed by atoms with E-state index in [4.69, 9.17) is 0 Å². The van der Waals surface area contributed by atoms with Gasteiger partial charge in [0.1, 0.15) is 5.69 Å². The summed E-state index contributed by atoms with van der Waals surface area (Å²) in [7, 11) is 0. The Kier molecular flexibility index (Phi) is 7.59. The molecule has 0 aliphatic carbocycles. The van der Waals surface area contributed by atoms with Crippen LogP contribution in [0, 0.1) is 0 Å². The molecule has 1 N–H and O–H groups in total. The highest BCUT2D eigenvalue weighted by Gasteiger charge is 2.17. The van der Waals surface area contributed by atoms with Gasteiger partial charge in [-0.2, -0.15) is 0 Å². The predicted octanol–water partition coefficient (Wildman–Crippen LogP) is 3.33. The molecule has 1 fully saturated rings. The Morgan fingerprint density at radius 1 is 1.24 bits per heavy atom. The first kappa shape index (κ1) is 16.6. The molecular formula is C11H16Cl2F2N2. The molecule has 0 bridgehead atoms. The van der Waals surface area contributed by atoms with E-state index in [2.05, 4.69) is 10.3 Å². The number of hydrogen-bond donors (Lipinski definition) is 1. The summed E-state index contributed by atoms with van der Waals surface area (Å²) < 4.78 is 24.9. The highest BCUT2D eigenvalue weighted by molar-refractivity contribution is 5.85. The van der Waals surface area contributed by atoms with Crippen molar-refractivity contribution in [3.05, 3.63) is 29.6 Å². The van der Waals surface area contributed by atoms with Crippen LogP contribution in [-0.2, 0) is 0 Å². The van der Waals surface area contributed by atoms with Crippen LogP contribution in [0.4, 0.5) is 8.78 Å². The summed E-state index contributed by atoms with van der Waals surface area (Å²) in [5, 5.41) is 3.26. The smallest absolute Gasteiger partial charge is 0.280 e. The zero-order valence-electron chi connectivity index (χ0n) is 9.23. The lowest BCUT2D eigenvalue weighted by atomic mass is 9.90. The number of nitrogens with one attached hydrogen (secondary N) is 1. The van der Waals surface area contributed by atoms with Gasteiger partial charge in [0.15, 0.2) is 0 Å². The van der Waals surface area contributed by atoms with E-state index in [1.54, 1.807) is 6.07 Å². The summed E-state index contributed by atoms with van der Waals surface area (Å²) in [4.78, 5) is 3.67. The van der Waals surface area contributed by atoms with Crippen molar-refractivity contribution in [2.75, 3.05) is 13.1 Å². The van der Waals surface area contributed by atoms with Crippen LogP contribution in [0.25, 0.3) is 0 Å². The standard InChI is InChI=1S/C11H14F2N2.2ClH/c12-11(13)10-7-9(3-6-15-10)8-1-4-14-5-2-8;;/h3,6-8,11,14H,1-2,4-5H2;2*1H. The summed E-state index contributed by atoms with van der Waals surface area (Å²) in [6.07, 6.45) is 1.06. The molecule has 0 aromatic carbocycles. The van der Waals surface area contributed by atoms with Gasteiger partial charge in [-0.15, -0.1) is 24.8 Å². The van der Waals surface area contributed by atoms with E-state index in [-0.39, 0.29) is 30.5 Å². The largest absolute Gasteiger partial charge is 0.317 e. The Labute approximate surface area is 112 Å². The molecule has 1 aliphatic heterocycles. The fourth-order valence-corrected chi connectivity index (χ4v) is 1.99. The molecule has 0 radical (unpaired) electrons. The second-order valence-electron chi connectivity index (χ2n) is 3.84. The number of piperidine rings is 1. The normalized spacial score (nSPS) is 16.2. The maximum atomic E-state index is 12.4. The lowest BCUT2D eigenvalue weighted by molar-refractivity contribution is 0.146. The van der Waals surface area contributed by atoms with Crippen molar-refractivity contribution in [3.8, 4) is 0 Å². The van der Waals surface area contributed by atoms with Crippen molar-refractivity contribution in [2.24, 2.45) is 0 Å². The Morgan fingerprint density at radius 2 is 1.88 bits per heavy atom. The Balaban J connectivity index is 0.00000128. The summed E-state index contributed by atoms with van der Waals surface area (Å²) in [5.74, 6) is 0.409. The molecule has 1 aromatic rings. The van der Waals surface area contributed by atoms with Crippen molar-refractivity contribution in [2.45, 2.75) is 25.2 Å².